The molecule has 12 heavy (non-hydrogen) atoms. The van der Waals surface area contributed by atoms with Gasteiger partial charge in [0.25, 0.3) is 0 Å². The number of rotatable bonds is 5. The van der Waals surface area contributed by atoms with Crippen LogP contribution in [0, 0.1) is 11.3 Å². The van der Waals surface area contributed by atoms with Crippen molar-refractivity contribution in [3.8, 4) is 0 Å². The van der Waals surface area contributed by atoms with Gasteiger partial charge < -0.3 is 0 Å². The van der Waals surface area contributed by atoms with E-state index in [1.807, 2.05) is 0 Å². The molecule has 0 aromatic rings. The molecule has 1 aliphatic carbocycles. The number of hydrogen-bond acceptors (Lipinski definition) is 1. The normalized spacial score (nSPS) is 34.2. The zero-order chi connectivity index (χ0) is 9.19. The molecule has 1 aliphatic rings. The van der Waals surface area contributed by atoms with E-state index in [-0.39, 0.29) is 0 Å². The van der Waals surface area contributed by atoms with Crippen LogP contribution in [0.5, 0.6) is 0 Å². The average Bonchev–Trinajstić information content (AvgIpc) is 2.62. The summed E-state index contributed by atoms with van der Waals surface area (Å²) >= 11 is 8.01. The third-order valence-electron chi connectivity index (χ3n) is 2.92. The molecule has 0 heterocycles. The highest BCUT2D eigenvalue weighted by Gasteiger charge is 2.49. The zero-order valence-corrected chi connectivity index (χ0v) is 9.84. The maximum atomic E-state index is 5.96. The Labute approximate surface area is 85.4 Å². The molecule has 0 aliphatic heterocycles. The minimum Gasteiger partial charge on any atom is -0.159 e. The first-order valence-electron chi connectivity index (χ1n) is 4.78. The van der Waals surface area contributed by atoms with E-state index in [9.17, 15) is 0 Å². The molecule has 0 spiro atoms. The number of thioether (sulfide) groups is 1. The maximum absolute atomic E-state index is 5.96. The van der Waals surface area contributed by atoms with Gasteiger partial charge in [0.15, 0.2) is 0 Å². The Morgan fingerprint density at radius 2 is 2.17 bits per heavy atom. The Balaban J connectivity index is 2.14. The smallest absolute Gasteiger partial charge is 0.0282 e. The third-order valence-corrected chi connectivity index (χ3v) is 4.55. The fourth-order valence-corrected chi connectivity index (χ4v) is 3.15. The Bertz CT molecular complexity index is 143. The SMILES string of the molecule is CC(C)SCCC1(CCl)CC1C. The van der Waals surface area contributed by atoms with Gasteiger partial charge in [-0.1, -0.05) is 20.8 Å². The summed E-state index contributed by atoms with van der Waals surface area (Å²) in [5.74, 6) is 3.03. The van der Waals surface area contributed by atoms with Crippen molar-refractivity contribution in [3.05, 3.63) is 0 Å². The largest absolute Gasteiger partial charge is 0.159 e. The second-order valence-electron chi connectivity index (χ2n) is 4.27. The number of halogens is 1. The highest BCUT2D eigenvalue weighted by molar-refractivity contribution is 7.99. The predicted molar refractivity (Wildman–Crippen MR) is 59.1 cm³/mol. The van der Waals surface area contributed by atoms with E-state index in [1.54, 1.807) is 0 Å². The van der Waals surface area contributed by atoms with Gasteiger partial charge in [0, 0.05) is 5.88 Å². The van der Waals surface area contributed by atoms with E-state index in [4.69, 9.17) is 11.6 Å². The average molecular weight is 207 g/mol. The van der Waals surface area contributed by atoms with Crippen molar-refractivity contribution in [1.82, 2.24) is 0 Å². The monoisotopic (exact) mass is 206 g/mol. The Kier molecular flexibility index (Phi) is 3.78. The van der Waals surface area contributed by atoms with E-state index in [1.165, 1.54) is 18.6 Å². The quantitative estimate of drug-likeness (QED) is 0.617. The van der Waals surface area contributed by atoms with E-state index in [0.717, 1.165) is 17.0 Å². The predicted octanol–water partition coefficient (Wildman–Crippen LogP) is 3.78. The van der Waals surface area contributed by atoms with Gasteiger partial charge in [-0.2, -0.15) is 11.8 Å². The van der Waals surface area contributed by atoms with Crippen molar-refractivity contribution in [2.24, 2.45) is 11.3 Å². The molecule has 1 rings (SSSR count). The van der Waals surface area contributed by atoms with E-state index >= 15 is 0 Å². The summed E-state index contributed by atoms with van der Waals surface area (Å²) in [5, 5.41) is 0.770. The molecular weight excluding hydrogens is 188 g/mol. The van der Waals surface area contributed by atoms with Crippen molar-refractivity contribution in [1.29, 1.82) is 0 Å². The molecule has 0 N–H and O–H groups in total. The molecule has 72 valence electrons. The molecule has 0 nitrogen and oxygen atoms in total. The Morgan fingerprint density at radius 3 is 2.50 bits per heavy atom. The molecule has 1 fully saturated rings. The summed E-state index contributed by atoms with van der Waals surface area (Å²) in [4.78, 5) is 0. The maximum Gasteiger partial charge on any atom is 0.0282 e. The second kappa shape index (κ2) is 4.23. The first-order valence-corrected chi connectivity index (χ1v) is 6.36. The number of hydrogen-bond donors (Lipinski definition) is 0. The lowest BCUT2D eigenvalue weighted by Gasteiger charge is -2.13. The third kappa shape index (κ3) is 2.56. The molecule has 0 aromatic carbocycles. The van der Waals surface area contributed by atoms with Crippen molar-refractivity contribution in [2.75, 3.05) is 11.6 Å². The second-order valence-corrected chi connectivity index (χ2v) is 6.22. The summed E-state index contributed by atoms with van der Waals surface area (Å²) in [7, 11) is 0. The van der Waals surface area contributed by atoms with Crippen LogP contribution >= 0.6 is 23.4 Å². The molecule has 0 saturated heterocycles. The van der Waals surface area contributed by atoms with E-state index in [2.05, 4.69) is 32.5 Å². The van der Waals surface area contributed by atoms with E-state index < -0.39 is 0 Å². The van der Waals surface area contributed by atoms with Gasteiger partial charge in [-0.3, -0.25) is 0 Å². The van der Waals surface area contributed by atoms with Gasteiger partial charge in [0.2, 0.25) is 0 Å². The zero-order valence-electron chi connectivity index (χ0n) is 8.27. The molecule has 0 radical (unpaired) electrons. The summed E-state index contributed by atoms with van der Waals surface area (Å²) in [5.41, 5.74) is 0.531. The fourth-order valence-electron chi connectivity index (χ4n) is 1.65. The first-order chi connectivity index (χ1) is 5.60. The fraction of sp³-hybridized carbons (Fsp3) is 1.00. The molecule has 1 saturated carbocycles. The first kappa shape index (κ1) is 10.7. The molecule has 0 bridgehead atoms. The summed E-state index contributed by atoms with van der Waals surface area (Å²) in [6.07, 6.45) is 2.68. The van der Waals surface area contributed by atoms with Crippen LogP contribution in [0.1, 0.15) is 33.6 Å². The summed E-state index contributed by atoms with van der Waals surface area (Å²) in [6.45, 7) is 6.84. The van der Waals surface area contributed by atoms with Gasteiger partial charge in [0.05, 0.1) is 0 Å². The van der Waals surface area contributed by atoms with Gasteiger partial charge in [-0.25, -0.2) is 0 Å². The molecular formula is C10H19ClS. The van der Waals surface area contributed by atoms with Crippen molar-refractivity contribution >= 4 is 23.4 Å². The van der Waals surface area contributed by atoms with Crippen LogP contribution in [0.4, 0.5) is 0 Å². The van der Waals surface area contributed by atoms with Gasteiger partial charge >= 0.3 is 0 Å². The van der Waals surface area contributed by atoms with Crippen LogP contribution in [0.25, 0.3) is 0 Å². The van der Waals surface area contributed by atoms with Crippen LogP contribution in [0.15, 0.2) is 0 Å². The van der Waals surface area contributed by atoms with Crippen LogP contribution in [-0.2, 0) is 0 Å². The van der Waals surface area contributed by atoms with Gasteiger partial charge in [0.1, 0.15) is 0 Å². The lowest BCUT2D eigenvalue weighted by atomic mass is 10.0. The minimum atomic E-state index is 0.531. The Morgan fingerprint density at radius 1 is 1.58 bits per heavy atom. The molecule has 2 unspecified atom stereocenters. The molecule has 2 heteroatoms. The van der Waals surface area contributed by atoms with Crippen LogP contribution in [0.2, 0.25) is 0 Å². The lowest BCUT2D eigenvalue weighted by Crippen LogP contribution is -2.07. The minimum absolute atomic E-state index is 0.531. The highest BCUT2D eigenvalue weighted by Crippen LogP contribution is 2.56. The Hall–Kier alpha value is 0.640. The van der Waals surface area contributed by atoms with Crippen LogP contribution in [0.3, 0.4) is 0 Å². The summed E-state index contributed by atoms with van der Waals surface area (Å²) in [6, 6.07) is 0. The van der Waals surface area contributed by atoms with E-state index in [0.29, 0.717) is 5.41 Å². The van der Waals surface area contributed by atoms with Crippen LogP contribution < -0.4 is 0 Å². The van der Waals surface area contributed by atoms with Crippen LogP contribution in [-0.4, -0.2) is 16.9 Å². The van der Waals surface area contributed by atoms with Gasteiger partial charge in [-0.05, 0) is 35.2 Å². The molecule has 2 atom stereocenters. The van der Waals surface area contributed by atoms with Crippen molar-refractivity contribution in [3.63, 3.8) is 0 Å². The van der Waals surface area contributed by atoms with Crippen molar-refractivity contribution in [2.45, 2.75) is 38.9 Å². The standard InChI is InChI=1S/C10H19ClS/c1-8(2)12-5-4-10(7-11)6-9(10)3/h8-9H,4-7H2,1-3H3. The van der Waals surface area contributed by atoms with Gasteiger partial charge in [-0.15, -0.1) is 11.6 Å². The molecule has 0 aromatic heterocycles. The summed E-state index contributed by atoms with van der Waals surface area (Å²) < 4.78 is 0. The lowest BCUT2D eigenvalue weighted by molar-refractivity contribution is 0.513. The molecule has 0 amide bonds. The number of alkyl halides is 1. The highest BCUT2D eigenvalue weighted by atomic mass is 35.5. The van der Waals surface area contributed by atoms with Crippen molar-refractivity contribution < 1.29 is 0 Å². The topological polar surface area (TPSA) is 0 Å².